The summed E-state index contributed by atoms with van der Waals surface area (Å²) in [7, 11) is -0.0460. The number of nitrogens with zero attached hydrogens (tertiary/aromatic N) is 2. The molecule has 3 aliphatic carbocycles. The van der Waals surface area contributed by atoms with Crippen LogP contribution in [0, 0.1) is 24.7 Å². The van der Waals surface area contributed by atoms with E-state index in [-0.39, 0.29) is 34.8 Å². The van der Waals surface area contributed by atoms with Crippen LogP contribution in [0.4, 0.5) is 10.5 Å². The highest BCUT2D eigenvalue weighted by atomic mass is 32.2. The van der Waals surface area contributed by atoms with E-state index in [0.29, 0.717) is 43.3 Å². The van der Waals surface area contributed by atoms with Gasteiger partial charge in [-0.2, -0.15) is 0 Å². The zero-order valence-corrected chi connectivity index (χ0v) is 31.6. The molecule has 1 unspecified atom stereocenters. The number of amides is 3. The van der Waals surface area contributed by atoms with Crippen LogP contribution in [0.15, 0.2) is 52.9 Å². The molecule has 2 aromatic carbocycles. The van der Waals surface area contributed by atoms with Crippen molar-refractivity contribution in [3.63, 3.8) is 0 Å². The van der Waals surface area contributed by atoms with Crippen LogP contribution >= 0.6 is 0 Å². The summed E-state index contributed by atoms with van der Waals surface area (Å²) < 4.78 is 39.7. The number of urea groups is 1. The summed E-state index contributed by atoms with van der Waals surface area (Å²) in [6.45, 7) is 8.24. The van der Waals surface area contributed by atoms with Gasteiger partial charge in [0.1, 0.15) is 15.7 Å². The quantitative estimate of drug-likeness (QED) is 0.347. The van der Waals surface area contributed by atoms with Crippen LogP contribution in [-0.2, 0) is 31.2 Å². The van der Waals surface area contributed by atoms with Crippen LogP contribution in [0.3, 0.4) is 0 Å². The lowest BCUT2D eigenvalue weighted by Gasteiger charge is -2.46. The lowest BCUT2D eigenvalue weighted by Crippen LogP contribution is -2.57. The van der Waals surface area contributed by atoms with E-state index in [1.807, 2.05) is 26.0 Å². The molecule has 276 valence electrons. The minimum atomic E-state index is -3.48. The number of nitrogens with one attached hydrogen (secondary N) is 2. The van der Waals surface area contributed by atoms with Crippen LogP contribution < -0.4 is 19.7 Å². The van der Waals surface area contributed by atoms with Crippen molar-refractivity contribution in [1.82, 2.24) is 10.0 Å². The van der Waals surface area contributed by atoms with Crippen molar-refractivity contribution in [3.05, 3.63) is 70.8 Å². The molecule has 6 atom stereocenters. The zero-order valence-electron chi connectivity index (χ0n) is 30.7. The second-order valence-electron chi connectivity index (χ2n) is 16.2. The summed E-state index contributed by atoms with van der Waals surface area (Å²) in [6.07, 6.45) is 11.5. The zero-order chi connectivity index (χ0) is 36.0. The Hall–Kier alpha value is -3.41. The summed E-state index contributed by atoms with van der Waals surface area (Å²) in [5.41, 5.74) is 4.72. The Morgan fingerprint density at radius 1 is 1.14 bits per heavy atom. The van der Waals surface area contributed by atoms with Crippen molar-refractivity contribution in [1.29, 1.82) is 0 Å². The summed E-state index contributed by atoms with van der Waals surface area (Å²) >= 11 is 0. The van der Waals surface area contributed by atoms with E-state index in [4.69, 9.17) is 14.2 Å². The van der Waals surface area contributed by atoms with Gasteiger partial charge in [-0.3, -0.25) is 9.52 Å². The molecule has 2 fully saturated rings. The molecule has 3 amide bonds. The number of ether oxygens (including phenoxy) is 3. The van der Waals surface area contributed by atoms with Crippen molar-refractivity contribution in [3.8, 4) is 5.75 Å². The van der Waals surface area contributed by atoms with E-state index in [1.165, 1.54) is 16.7 Å². The number of methoxy groups -OCH3 is 2. The average molecular weight is 719 g/mol. The van der Waals surface area contributed by atoms with Gasteiger partial charge >= 0.3 is 6.03 Å². The van der Waals surface area contributed by atoms with Gasteiger partial charge in [0.2, 0.25) is 0 Å². The number of fused-ring (bicyclic) bond motifs is 4. The van der Waals surface area contributed by atoms with E-state index in [2.05, 4.69) is 56.6 Å². The lowest BCUT2D eigenvalue weighted by molar-refractivity contribution is -0.0719. The maximum absolute atomic E-state index is 14.5. The maximum Gasteiger partial charge on any atom is 0.327 e. The first-order valence-electron chi connectivity index (χ1n) is 18.6. The van der Waals surface area contributed by atoms with Gasteiger partial charge in [0.15, 0.2) is 0 Å². The molecule has 11 heteroatoms. The molecular weight excluding hydrogens is 665 g/mol. The number of aryl methyl sites for hydroxylation is 2. The first-order chi connectivity index (χ1) is 24.4. The molecule has 7 rings (SSSR count). The molecule has 2 N–H and O–H groups in total. The molecule has 5 aliphatic rings. The lowest BCUT2D eigenvalue weighted by atomic mass is 9.68. The minimum Gasteiger partial charge on any atom is -0.490 e. The molecule has 2 heterocycles. The smallest absolute Gasteiger partial charge is 0.327 e. The van der Waals surface area contributed by atoms with Crippen LogP contribution in [0.1, 0.15) is 85.8 Å². The number of benzene rings is 2. The highest BCUT2D eigenvalue weighted by Crippen LogP contribution is 2.47. The second-order valence-corrected chi connectivity index (χ2v) is 18.2. The third-order valence-electron chi connectivity index (χ3n) is 12.1. The summed E-state index contributed by atoms with van der Waals surface area (Å²) in [6, 6.07) is 11.6. The molecular formula is C40H54N4O6S. The van der Waals surface area contributed by atoms with Gasteiger partial charge < -0.3 is 24.4 Å². The van der Waals surface area contributed by atoms with Crippen molar-refractivity contribution < 1.29 is 28.0 Å². The largest absolute Gasteiger partial charge is 0.490 e. The van der Waals surface area contributed by atoms with Gasteiger partial charge in [-0.15, -0.1) is 4.36 Å². The van der Waals surface area contributed by atoms with Crippen molar-refractivity contribution in [2.24, 2.45) is 22.1 Å². The Kier molecular flexibility index (Phi) is 10.0. The third-order valence-corrected chi connectivity index (χ3v) is 14.1. The Bertz CT molecular complexity index is 1810. The Morgan fingerprint density at radius 3 is 2.71 bits per heavy atom. The molecule has 2 aromatic rings. The van der Waals surface area contributed by atoms with Crippen molar-refractivity contribution in [2.75, 3.05) is 44.6 Å². The molecule has 1 spiro atoms. The fourth-order valence-electron chi connectivity index (χ4n) is 9.14. The molecule has 2 bridgehead atoms. The summed E-state index contributed by atoms with van der Waals surface area (Å²) in [5, 5.41) is 2.90. The summed E-state index contributed by atoms with van der Waals surface area (Å²) in [4.78, 5) is 29.6. The van der Waals surface area contributed by atoms with Gasteiger partial charge in [0, 0.05) is 44.3 Å². The van der Waals surface area contributed by atoms with E-state index in [9.17, 15) is 13.8 Å². The van der Waals surface area contributed by atoms with Crippen LogP contribution in [0.25, 0.3) is 0 Å². The van der Waals surface area contributed by atoms with E-state index in [0.717, 1.165) is 56.6 Å². The predicted octanol–water partition coefficient (Wildman–Crippen LogP) is 6.50. The average Bonchev–Trinajstić information content (AvgIpc) is 3.21. The molecule has 0 radical (unpaired) electrons. The number of carbonyl (C=O) groups is 2. The molecule has 2 aliphatic heterocycles. The van der Waals surface area contributed by atoms with Gasteiger partial charge in [-0.05, 0) is 112 Å². The standard InChI is InChI=1S/C40H54N4O6S/c1-26-11-15-33-28(18-26)9-7-17-40(33)24-44-22-30-12-14-32(30)35(48-4)10-6-8-27(2)23-51(47,43-38(46)41-31-20-39(3,21-31)49-5)42-37(45)29-13-16-36(50-25-40)34(44)19-29/h6,10-11,13,15-16,18-19,27,30-32,35H,7-9,12,14,17,20-25H2,1-5H3,(H2,41,42,43,45,46,47)/b10-6+/t27-,30-,31?,32+,35-,39?,40-,51?/m0/s1. The first kappa shape index (κ1) is 36.0. The van der Waals surface area contributed by atoms with Gasteiger partial charge in [0.25, 0.3) is 5.91 Å². The van der Waals surface area contributed by atoms with E-state index >= 15 is 0 Å². The maximum atomic E-state index is 14.5. The highest BCUT2D eigenvalue weighted by molar-refractivity contribution is 7.92. The number of anilines is 1. The molecule has 0 saturated heterocycles. The van der Waals surface area contributed by atoms with Gasteiger partial charge in [-0.25, -0.2) is 9.00 Å². The van der Waals surface area contributed by atoms with Crippen molar-refractivity contribution >= 4 is 27.5 Å². The normalized spacial score (nSPS) is 35.4. The van der Waals surface area contributed by atoms with Gasteiger partial charge in [-0.1, -0.05) is 42.8 Å². The van der Waals surface area contributed by atoms with Crippen LogP contribution in [-0.4, -0.2) is 73.6 Å². The topological polar surface area (TPSA) is 119 Å². The van der Waals surface area contributed by atoms with Crippen LogP contribution in [0.2, 0.25) is 0 Å². The Morgan fingerprint density at radius 2 is 1.96 bits per heavy atom. The number of carbonyl (C=O) groups excluding carboxylic acids is 2. The molecule has 10 nitrogen and oxygen atoms in total. The molecule has 0 aromatic heterocycles. The monoisotopic (exact) mass is 718 g/mol. The third kappa shape index (κ3) is 7.44. The fraction of sp³-hybridized carbons (Fsp3) is 0.600. The van der Waals surface area contributed by atoms with Crippen molar-refractivity contribution in [2.45, 2.75) is 95.3 Å². The minimum absolute atomic E-state index is 0.0300. The number of allylic oxidation sites excluding steroid dienone is 1. The van der Waals surface area contributed by atoms with Gasteiger partial charge in [0.05, 0.1) is 29.8 Å². The van der Waals surface area contributed by atoms with E-state index < -0.39 is 21.9 Å². The number of hydrogen-bond donors (Lipinski definition) is 2. The number of rotatable bonds is 4. The second kappa shape index (κ2) is 14.2. The van der Waals surface area contributed by atoms with E-state index in [1.54, 1.807) is 20.3 Å². The summed E-state index contributed by atoms with van der Waals surface area (Å²) in [5.74, 6) is 0.799. The van der Waals surface area contributed by atoms with Crippen LogP contribution in [0.5, 0.6) is 5.75 Å². The Labute approximate surface area is 303 Å². The Balaban J connectivity index is 1.25. The molecule has 51 heavy (non-hydrogen) atoms. The predicted molar refractivity (Wildman–Crippen MR) is 200 cm³/mol. The first-order valence-corrected chi connectivity index (χ1v) is 20.3. The highest BCUT2D eigenvalue weighted by Gasteiger charge is 2.45. The molecule has 2 saturated carbocycles. The SMILES string of the molecule is CO[C@H]1/C=C/C[C@H](C)CS(=O)(NC(=O)NC2CC(C)(OC)C2)=NC(=O)c2ccc3c(c2)N(C[C@@H]2CC[C@H]21)C[C@@]1(CCCc2cc(C)ccc21)CO3. The number of hydrogen-bond acceptors (Lipinski definition) is 7. The fourth-order valence-corrected chi connectivity index (χ4v) is 11.0.